The summed E-state index contributed by atoms with van der Waals surface area (Å²) >= 11 is 3.51. The van der Waals surface area contributed by atoms with Crippen molar-refractivity contribution >= 4 is 23.5 Å². The van der Waals surface area contributed by atoms with E-state index >= 15 is 0 Å². The van der Waals surface area contributed by atoms with Gasteiger partial charge in [0, 0.05) is 16.2 Å². The minimum Gasteiger partial charge on any atom is -0.198 e. The zero-order chi connectivity index (χ0) is 10.4. The molecule has 0 spiro atoms. The van der Waals surface area contributed by atoms with Crippen LogP contribution in [0.3, 0.4) is 0 Å². The number of benzene rings is 1. The van der Waals surface area contributed by atoms with Crippen LogP contribution in [0.2, 0.25) is 0 Å². The van der Waals surface area contributed by atoms with E-state index < -0.39 is 0 Å². The molecule has 0 unspecified atom stereocenters. The molecule has 0 heterocycles. The van der Waals surface area contributed by atoms with Crippen LogP contribution in [0.1, 0.15) is 12.0 Å². The molecule has 0 radical (unpaired) electrons. The molecule has 0 saturated heterocycles. The summed E-state index contributed by atoms with van der Waals surface area (Å²) in [6, 6.07) is 8.63. The second kappa shape index (κ2) is 6.00. The fraction of sp³-hybridized carbons (Fsp3) is 0.364. The molecular formula is C11H13NS2. The van der Waals surface area contributed by atoms with Gasteiger partial charge in [0.25, 0.3) is 0 Å². The summed E-state index contributed by atoms with van der Waals surface area (Å²) < 4.78 is 0. The maximum atomic E-state index is 8.53. The summed E-state index contributed by atoms with van der Waals surface area (Å²) in [5.41, 5.74) is 1.29. The Bertz CT molecular complexity index is 342. The van der Waals surface area contributed by atoms with Crippen LogP contribution in [0.4, 0.5) is 0 Å². The normalized spacial score (nSPS) is 9.79. The molecule has 0 aromatic heterocycles. The highest BCUT2D eigenvalue weighted by atomic mass is 32.2. The van der Waals surface area contributed by atoms with E-state index in [0.717, 1.165) is 6.42 Å². The summed E-state index contributed by atoms with van der Waals surface area (Å²) in [5.74, 6) is 0. The minimum absolute atomic E-state index is 0.603. The van der Waals surface area contributed by atoms with Crippen LogP contribution in [-0.2, 0) is 6.42 Å². The molecular weight excluding hydrogens is 210 g/mol. The van der Waals surface area contributed by atoms with Crippen LogP contribution in [-0.4, -0.2) is 12.5 Å². The molecule has 0 aliphatic rings. The molecule has 0 amide bonds. The highest BCUT2D eigenvalue weighted by Crippen LogP contribution is 2.26. The summed E-state index contributed by atoms with van der Waals surface area (Å²) in [5, 5.41) is 8.53. The Balaban J connectivity index is 2.88. The fourth-order valence-electron chi connectivity index (χ4n) is 1.25. The van der Waals surface area contributed by atoms with E-state index in [2.05, 4.69) is 36.8 Å². The van der Waals surface area contributed by atoms with Gasteiger partial charge in [-0.15, -0.1) is 23.5 Å². The number of aryl methyl sites for hydroxylation is 1. The Hall–Kier alpha value is -0.590. The van der Waals surface area contributed by atoms with Crippen molar-refractivity contribution in [1.82, 2.24) is 0 Å². The van der Waals surface area contributed by atoms with Gasteiger partial charge in [0.15, 0.2) is 0 Å². The molecule has 1 aromatic carbocycles. The van der Waals surface area contributed by atoms with Gasteiger partial charge >= 0.3 is 0 Å². The molecule has 0 N–H and O–H groups in total. The minimum atomic E-state index is 0.603. The second-order valence-corrected chi connectivity index (χ2v) is 4.56. The van der Waals surface area contributed by atoms with E-state index in [9.17, 15) is 0 Å². The van der Waals surface area contributed by atoms with E-state index in [0.29, 0.717) is 6.42 Å². The van der Waals surface area contributed by atoms with Gasteiger partial charge in [-0.25, -0.2) is 0 Å². The Labute approximate surface area is 93.9 Å². The molecule has 0 fully saturated rings. The van der Waals surface area contributed by atoms with Crippen molar-refractivity contribution in [2.24, 2.45) is 0 Å². The summed E-state index contributed by atoms with van der Waals surface area (Å²) in [6.07, 6.45) is 5.62. The number of nitriles is 1. The Morgan fingerprint density at radius 2 is 2.07 bits per heavy atom. The zero-order valence-corrected chi connectivity index (χ0v) is 10.0. The quantitative estimate of drug-likeness (QED) is 0.729. The number of hydrogen-bond acceptors (Lipinski definition) is 3. The average Bonchev–Trinajstić information content (AvgIpc) is 2.26. The highest BCUT2D eigenvalue weighted by Gasteiger charge is 2.02. The molecule has 0 atom stereocenters. The molecule has 3 heteroatoms. The first-order chi connectivity index (χ1) is 6.81. The third kappa shape index (κ3) is 2.97. The van der Waals surface area contributed by atoms with E-state index in [1.807, 2.05) is 0 Å². The monoisotopic (exact) mass is 223 g/mol. The topological polar surface area (TPSA) is 23.8 Å². The Morgan fingerprint density at radius 1 is 1.29 bits per heavy atom. The van der Waals surface area contributed by atoms with Crippen LogP contribution < -0.4 is 0 Å². The van der Waals surface area contributed by atoms with Crippen molar-refractivity contribution in [3.05, 3.63) is 23.8 Å². The standard InChI is InChI=1S/C11H13NS2/c1-13-10-6-5-9(4-3-7-12)11(8-10)14-2/h5-6,8H,3-4H2,1-2H3. The second-order valence-electron chi connectivity index (χ2n) is 2.84. The largest absolute Gasteiger partial charge is 0.198 e. The molecule has 1 nitrogen and oxygen atoms in total. The first kappa shape index (κ1) is 11.5. The maximum absolute atomic E-state index is 8.53. The van der Waals surface area contributed by atoms with Crippen molar-refractivity contribution in [3.8, 4) is 6.07 Å². The number of rotatable bonds is 4. The van der Waals surface area contributed by atoms with Crippen LogP contribution >= 0.6 is 23.5 Å². The van der Waals surface area contributed by atoms with Gasteiger partial charge in [-0.2, -0.15) is 5.26 Å². The Morgan fingerprint density at radius 3 is 2.64 bits per heavy atom. The van der Waals surface area contributed by atoms with Gasteiger partial charge < -0.3 is 0 Å². The van der Waals surface area contributed by atoms with Gasteiger partial charge in [0.1, 0.15) is 0 Å². The van der Waals surface area contributed by atoms with Gasteiger partial charge in [0.05, 0.1) is 6.07 Å². The third-order valence-electron chi connectivity index (χ3n) is 2.00. The number of thioether (sulfide) groups is 2. The molecule has 0 bridgehead atoms. The van der Waals surface area contributed by atoms with E-state index in [-0.39, 0.29) is 0 Å². The first-order valence-electron chi connectivity index (χ1n) is 4.39. The summed E-state index contributed by atoms with van der Waals surface area (Å²) in [7, 11) is 0. The lowest BCUT2D eigenvalue weighted by atomic mass is 10.1. The van der Waals surface area contributed by atoms with Gasteiger partial charge in [-0.1, -0.05) is 6.07 Å². The van der Waals surface area contributed by atoms with Crippen molar-refractivity contribution < 1.29 is 0 Å². The summed E-state index contributed by atoms with van der Waals surface area (Å²) in [6.45, 7) is 0. The van der Waals surface area contributed by atoms with Crippen molar-refractivity contribution in [1.29, 1.82) is 5.26 Å². The molecule has 74 valence electrons. The predicted octanol–water partition coefficient (Wildman–Crippen LogP) is 3.59. The third-order valence-corrected chi connectivity index (χ3v) is 3.55. The van der Waals surface area contributed by atoms with E-state index in [4.69, 9.17) is 5.26 Å². The lowest BCUT2D eigenvalue weighted by Crippen LogP contribution is -1.88. The zero-order valence-electron chi connectivity index (χ0n) is 8.41. The van der Waals surface area contributed by atoms with Gasteiger partial charge in [-0.3, -0.25) is 0 Å². The number of hydrogen-bond donors (Lipinski definition) is 0. The maximum Gasteiger partial charge on any atom is 0.0625 e. The predicted molar refractivity (Wildman–Crippen MR) is 63.9 cm³/mol. The Kier molecular flexibility index (Phi) is 4.92. The summed E-state index contributed by atoms with van der Waals surface area (Å²) in [4.78, 5) is 2.59. The molecule has 14 heavy (non-hydrogen) atoms. The van der Waals surface area contributed by atoms with Crippen LogP contribution in [0.15, 0.2) is 28.0 Å². The molecule has 0 aliphatic heterocycles. The van der Waals surface area contributed by atoms with Crippen molar-refractivity contribution in [2.75, 3.05) is 12.5 Å². The van der Waals surface area contributed by atoms with Crippen LogP contribution in [0.5, 0.6) is 0 Å². The van der Waals surface area contributed by atoms with Gasteiger partial charge in [-0.05, 0) is 36.6 Å². The first-order valence-corrected chi connectivity index (χ1v) is 6.84. The fourth-order valence-corrected chi connectivity index (χ4v) is 2.44. The molecule has 0 aliphatic carbocycles. The molecule has 1 aromatic rings. The van der Waals surface area contributed by atoms with E-state index in [1.54, 1.807) is 23.5 Å². The molecule has 0 saturated carbocycles. The smallest absolute Gasteiger partial charge is 0.0625 e. The number of nitrogens with zero attached hydrogens (tertiary/aromatic N) is 1. The average molecular weight is 223 g/mol. The highest BCUT2D eigenvalue weighted by molar-refractivity contribution is 7.99. The van der Waals surface area contributed by atoms with Crippen LogP contribution in [0, 0.1) is 11.3 Å². The van der Waals surface area contributed by atoms with Crippen LogP contribution in [0.25, 0.3) is 0 Å². The SMILES string of the molecule is CSc1ccc(CCC#N)c(SC)c1. The van der Waals surface area contributed by atoms with E-state index in [1.165, 1.54) is 15.4 Å². The lowest BCUT2D eigenvalue weighted by Gasteiger charge is -2.07. The lowest BCUT2D eigenvalue weighted by molar-refractivity contribution is 0.973. The van der Waals surface area contributed by atoms with Crippen molar-refractivity contribution in [2.45, 2.75) is 22.6 Å². The van der Waals surface area contributed by atoms with Gasteiger partial charge in [0.2, 0.25) is 0 Å². The van der Waals surface area contributed by atoms with Crippen molar-refractivity contribution in [3.63, 3.8) is 0 Å². The molecule has 1 rings (SSSR count).